The van der Waals surface area contributed by atoms with Crippen LogP contribution in [-0.4, -0.2) is 65.1 Å². The normalized spacial score (nSPS) is 17.4. The molecule has 0 radical (unpaired) electrons. The van der Waals surface area contributed by atoms with E-state index in [1.54, 1.807) is 21.6 Å². The van der Waals surface area contributed by atoms with E-state index in [0.29, 0.717) is 32.1 Å². The molecule has 0 saturated carbocycles. The van der Waals surface area contributed by atoms with Crippen molar-refractivity contribution in [3.63, 3.8) is 0 Å². The summed E-state index contributed by atoms with van der Waals surface area (Å²) in [6.45, 7) is 6.16. The van der Waals surface area contributed by atoms with E-state index >= 15 is 0 Å². The number of anilines is 1. The Labute approximate surface area is 238 Å². The van der Waals surface area contributed by atoms with E-state index < -0.39 is 0 Å². The van der Waals surface area contributed by atoms with Crippen LogP contribution in [0.3, 0.4) is 0 Å². The summed E-state index contributed by atoms with van der Waals surface area (Å²) in [6, 6.07) is 26.6. The van der Waals surface area contributed by atoms with Gasteiger partial charge >= 0.3 is 0 Å². The van der Waals surface area contributed by atoms with E-state index in [1.165, 1.54) is 0 Å². The number of fused-ring (bicyclic) bond motifs is 1. The lowest BCUT2D eigenvalue weighted by atomic mass is 9.98. The Bertz CT molecular complexity index is 1550. The van der Waals surface area contributed by atoms with Crippen molar-refractivity contribution in [1.82, 2.24) is 14.7 Å². The third-order valence-electron chi connectivity index (χ3n) is 7.38. The lowest BCUT2D eigenvalue weighted by molar-refractivity contribution is -0.134. The van der Waals surface area contributed by atoms with Gasteiger partial charge in [0.2, 0.25) is 11.8 Å². The first kappa shape index (κ1) is 26.3. The van der Waals surface area contributed by atoms with Crippen LogP contribution in [0.4, 0.5) is 5.82 Å². The van der Waals surface area contributed by atoms with Gasteiger partial charge in [0.1, 0.15) is 12.4 Å². The zero-order valence-corrected chi connectivity index (χ0v) is 23.6. The number of carbonyl (C=O) groups excluding carboxylic acids is 2. The molecule has 0 unspecified atom stereocenters. The second-order valence-corrected chi connectivity index (χ2v) is 11.4. The molecule has 1 saturated heterocycles. The molecule has 0 aliphatic carbocycles. The van der Waals surface area contributed by atoms with E-state index in [1.807, 2.05) is 48.0 Å². The number of thioether (sulfide) groups is 1. The van der Waals surface area contributed by atoms with Gasteiger partial charge in [-0.25, -0.2) is 4.68 Å². The first-order chi connectivity index (χ1) is 19.5. The summed E-state index contributed by atoms with van der Waals surface area (Å²) >= 11 is 1.59. The summed E-state index contributed by atoms with van der Waals surface area (Å²) in [6.07, 6.45) is 0. The summed E-state index contributed by atoms with van der Waals surface area (Å²) in [5.41, 5.74) is 6.94. The lowest BCUT2D eigenvalue weighted by Crippen LogP contribution is -2.48. The molecule has 1 aromatic heterocycles. The van der Waals surface area contributed by atoms with Crippen LogP contribution in [0.2, 0.25) is 0 Å². The van der Waals surface area contributed by atoms with Crippen molar-refractivity contribution in [3.8, 4) is 16.9 Å². The van der Waals surface area contributed by atoms with E-state index in [2.05, 4.69) is 49.4 Å². The van der Waals surface area contributed by atoms with Gasteiger partial charge in [0.15, 0.2) is 0 Å². The van der Waals surface area contributed by atoms with Gasteiger partial charge in [0.05, 0.1) is 35.6 Å². The standard InChI is InChI=1S/C32H32N4O3S/c1-22-8-6-12-25(18-22)31-29-30(24-10-4-3-5-11-24)33-36(26-13-7-9-23(2)19-26)32(29)35(28(38)21-40-31)20-27(37)34-14-16-39-17-15-34/h3-13,18-19,31H,14-17,20-21H2,1-2H3/t31-/m0/s1. The minimum absolute atomic E-state index is 0.0430. The maximum Gasteiger partial charge on any atom is 0.242 e. The average molecular weight is 553 g/mol. The number of carbonyl (C=O) groups is 2. The van der Waals surface area contributed by atoms with E-state index in [0.717, 1.165) is 39.2 Å². The van der Waals surface area contributed by atoms with Crippen molar-refractivity contribution < 1.29 is 14.3 Å². The molecule has 3 heterocycles. The highest BCUT2D eigenvalue weighted by Crippen LogP contribution is 2.48. The van der Waals surface area contributed by atoms with Crippen LogP contribution in [-0.2, 0) is 14.3 Å². The van der Waals surface area contributed by atoms with Crippen LogP contribution in [0.1, 0.15) is 27.5 Å². The fourth-order valence-electron chi connectivity index (χ4n) is 5.41. The van der Waals surface area contributed by atoms with Gasteiger partial charge in [-0.2, -0.15) is 5.10 Å². The van der Waals surface area contributed by atoms with Gasteiger partial charge in [-0.1, -0.05) is 72.3 Å². The molecule has 0 N–H and O–H groups in total. The molecule has 8 heteroatoms. The molecule has 0 spiro atoms. The summed E-state index contributed by atoms with van der Waals surface area (Å²) < 4.78 is 7.32. The second-order valence-electron chi connectivity index (χ2n) is 10.3. The number of rotatable bonds is 5. The Morgan fingerprint density at radius 1 is 0.950 bits per heavy atom. The zero-order valence-electron chi connectivity index (χ0n) is 22.7. The molecule has 204 valence electrons. The number of morpholine rings is 1. The molecular weight excluding hydrogens is 520 g/mol. The van der Waals surface area contributed by atoms with Crippen LogP contribution < -0.4 is 4.90 Å². The Hall–Kier alpha value is -3.88. The topological polar surface area (TPSA) is 67.7 Å². The fourth-order valence-corrected chi connectivity index (χ4v) is 6.60. The van der Waals surface area contributed by atoms with E-state index in [4.69, 9.17) is 9.84 Å². The molecule has 2 aliphatic heterocycles. The third kappa shape index (κ3) is 5.17. The summed E-state index contributed by atoms with van der Waals surface area (Å²) in [4.78, 5) is 30.9. The zero-order chi connectivity index (χ0) is 27.6. The Morgan fingerprint density at radius 2 is 1.68 bits per heavy atom. The minimum atomic E-state index is -0.142. The second kappa shape index (κ2) is 11.3. The number of benzene rings is 3. The van der Waals surface area contributed by atoms with Gasteiger partial charge in [0.25, 0.3) is 0 Å². The van der Waals surface area contributed by atoms with Crippen LogP contribution in [0.25, 0.3) is 16.9 Å². The van der Waals surface area contributed by atoms with E-state index in [9.17, 15) is 9.59 Å². The molecule has 7 nitrogen and oxygen atoms in total. The monoisotopic (exact) mass is 552 g/mol. The number of amides is 2. The Balaban J connectivity index is 1.59. The number of hydrogen-bond donors (Lipinski definition) is 0. The molecule has 6 rings (SSSR count). The van der Waals surface area contributed by atoms with Crippen LogP contribution in [0.15, 0.2) is 78.9 Å². The van der Waals surface area contributed by atoms with Crippen molar-refractivity contribution in [2.45, 2.75) is 19.1 Å². The quantitative estimate of drug-likeness (QED) is 0.341. The van der Waals surface area contributed by atoms with Gasteiger partial charge in [0, 0.05) is 24.2 Å². The van der Waals surface area contributed by atoms with Gasteiger partial charge < -0.3 is 9.64 Å². The van der Waals surface area contributed by atoms with Crippen molar-refractivity contribution in [2.24, 2.45) is 0 Å². The molecule has 1 atom stereocenters. The number of aromatic nitrogens is 2. The Morgan fingerprint density at radius 3 is 2.40 bits per heavy atom. The first-order valence-corrected chi connectivity index (χ1v) is 14.6. The molecule has 1 fully saturated rings. The number of nitrogens with zero attached hydrogens (tertiary/aromatic N) is 4. The summed E-state index contributed by atoms with van der Waals surface area (Å²) in [5, 5.41) is 5.04. The third-order valence-corrected chi connectivity index (χ3v) is 8.64. The van der Waals surface area contributed by atoms with Crippen molar-refractivity contribution >= 4 is 29.4 Å². The highest BCUT2D eigenvalue weighted by Gasteiger charge is 2.38. The maximum absolute atomic E-state index is 13.9. The molecule has 40 heavy (non-hydrogen) atoms. The van der Waals surface area contributed by atoms with Crippen LogP contribution in [0, 0.1) is 13.8 Å². The number of hydrogen-bond acceptors (Lipinski definition) is 5. The van der Waals surface area contributed by atoms with Crippen molar-refractivity contribution in [3.05, 3.63) is 101 Å². The lowest BCUT2D eigenvalue weighted by Gasteiger charge is -2.30. The highest BCUT2D eigenvalue weighted by molar-refractivity contribution is 8.00. The SMILES string of the molecule is Cc1cccc([C@@H]2SCC(=O)N(CC(=O)N3CCOCC3)c3c2c(-c2ccccc2)nn3-c2cccc(C)c2)c1. The maximum atomic E-state index is 13.9. The smallest absolute Gasteiger partial charge is 0.242 e. The van der Waals surface area contributed by atoms with Gasteiger partial charge in [-0.3, -0.25) is 14.5 Å². The minimum Gasteiger partial charge on any atom is -0.378 e. The predicted molar refractivity (Wildman–Crippen MR) is 159 cm³/mol. The predicted octanol–water partition coefficient (Wildman–Crippen LogP) is 5.18. The molecule has 3 aromatic carbocycles. The first-order valence-electron chi connectivity index (χ1n) is 13.6. The number of ether oxygens (including phenoxy) is 1. The molecule has 2 amide bonds. The van der Waals surface area contributed by atoms with Crippen molar-refractivity contribution in [2.75, 3.05) is 43.5 Å². The van der Waals surface area contributed by atoms with Gasteiger partial charge in [-0.05, 0) is 37.1 Å². The summed E-state index contributed by atoms with van der Waals surface area (Å²) in [7, 11) is 0. The fraction of sp³-hybridized carbons (Fsp3) is 0.281. The van der Waals surface area contributed by atoms with Gasteiger partial charge in [-0.15, -0.1) is 11.8 Å². The number of aryl methyl sites for hydroxylation is 2. The van der Waals surface area contributed by atoms with Crippen molar-refractivity contribution in [1.29, 1.82) is 0 Å². The summed E-state index contributed by atoms with van der Waals surface area (Å²) in [5.74, 6) is 0.731. The van der Waals surface area contributed by atoms with E-state index in [-0.39, 0.29) is 29.4 Å². The van der Waals surface area contributed by atoms with Crippen LogP contribution >= 0.6 is 11.8 Å². The average Bonchev–Trinajstić information content (AvgIpc) is 3.30. The highest BCUT2D eigenvalue weighted by atomic mass is 32.2. The molecule has 4 aromatic rings. The van der Waals surface area contributed by atoms with Crippen LogP contribution in [0.5, 0.6) is 0 Å². The Kier molecular flexibility index (Phi) is 7.45. The molecular formula is C32H32N4O3S. The molecule has 0 bridgehead atoms. The largest absolute Gasteiger partial charge is 0.378 e. The molecule has 2 aliphatic rings.